The number of ether oxygens (including phenoxy) is 2. The average molecular weight is 381 g/mol. The molecule has 2 aromatic carbocycles. The summed E-state index contributed by atoms with van der Waals surface area (Å²) in [6.45, 7) is 9.41. The minimum absolute atomic E-state index is 0.141. The molecule has 1 aliphatic carbocycles. The fraction of sp³-hybridized carbons (Fsp3) is 0.480. The summed E-state index contributed by atoms with van der Waals surface area (Å²) in [5.74, 6) is 1.60. The van der Waals surface area contributed by atoms with E-state index < -0.39 is 0 Å². The Bertz CT molecular complexity index is 805. The van der Waals surface area contributed by atoms with Crippen LogP contribution in [0.3, 0.4) is 0 Å². The molecule has 0 bridgehead atoms. The van der Waals surface area contributed by atoms with Crippen LogP contribution in [0.25, 0.3) is 11.1 Å². The quantitative estimate of drug-likeness (QED) is 0.490. The van der Waals surface area contributed by atoms with E-state index in [2.05, 4.69) is 51.1 Å². The van der Waals surface area contributed by atoms with Crippen LogP contribution >= 0.6 is 0 Å². The summed E-state index contributed by atoms with van der Waals surface area (Å²) in [6.07, 6.45) is 3.29. The van der Waals surface area contributed by atoms with Crippen LogP contribution in [0.5, 0.6) is 5.75 Å². The second-order valence-electron chi connectivity index (χ2n) is 8.31. The first kappa shape index (κ1) is 20.4. The molecule has 150 valence electrons. The topological polar surface area (TPSA) is 35.5 Å². The van der Waals surface area contributed by atoms with Crippen molar-refractivity contribution in [1.29, 1.82) is 0 Å². The molecule has 0 radical (unpaired) electrons. The maximum Gasteiger partial charge on any atom is 0.313 e. The maximum atomic E-state index is 12.6. The van der Waals surface area contributed by atoms with Gasteiger partial charge in [0.2, 0.25) is 0 Å². The number of carbonyl (C=O) groups is 1. The highest BCUT2D eigenvalue weighted by Gasteiger charge is 2.26. The van der Waals surface area contributed by atoms with Gasteiger partial charge in [0.1, 0.15) is 5.75 Å². The van der Waals surface area contributed by atoms with E-state index in [4.69, 9.17) is 9.47 Å². The Labute approximate surface area is 169 Å². The molecule has 0 saturated heterocycles. The molecule has 0 aromatic heterocycles. The van der Waals surface area contributed by atoms with Crippen molar-refractivity contribution in [3.8, 4) is 16.9 Å². The Morgan fingerprint density at radius 2 is 1.93 bits per heavy atom. The van der Waals surface area contributed by atoms with Crippen LogP contribution in [0.15, 0.2) is 42.5 Å². The predicted molar refractivity (Wildman–Crippen MR) is 114 cm³/mol. The number of rotatable bonds is 9. The second kappa shape index (κ2) is 9.27. The SMILES string of the molecule is CCOC(=O)C(CC(C)C)c1ccc(OCC2CC2)c(-c2cccc(C)c2)c1. The van der Waals surface area contributed by atoms with E-state index in [0.717, 1.165) is 35.5 Å². The van der Waals surface area contributed by atoms with E-state index in [1.807, 2.05) is 19.1 Å². The van der Waals surface area contributed by atoms with Crippen molar-refractivity contribution in [3.05, 3.63) is 53.6 Å². The molecular formula is C25H32O3. The molecule has 1 fully saturated rings. The molecule has 1 unspecified atom stereocenters. The van der Waals surface area contributed by atoms with Crippen molar-refractivity contribution in [1.82, 2.24) is 0 Å². The monoisotopic (exact) mass is 380 g/mol. The summed E-state index contributed by atoms with van der Waals surface area (Å²) in [6, 6.07) is 14.6. The Kier molecular flexibility index (Phi) is 6.77. The van der Waals surface area contributed by atoms with Crippen LogP contribution in [0.4, 0.5) is 0 Å². The maximum absolute atomic E-state index is 12.6. The average Bonchev–Trinajstić information content (AvgIpc) is 3.49. The van der Waals surface area contributed by atoms with Gasteiger partial charge in [0.15, 0.2) is 0 Å². The van der Waals surface area contributed by atoms with Crippen LogP contribution in [-0.2, 0) is 9.53 Å². The lowest BCUT2D eigenvalue weighted by atomic mass is 9.88. The standard InChI is InChI=1S/C25H32O3/c1-5-27-25(26)23(13-17(2)3)21-11-12-24(28-16-19-9-10-19)22(15-21)20-8-6-7-18(4)14-20/h6-8,11-12,14-15,17,19,23H,5,9-10,13,16H2,1-4H3. The first-order valence-electron chi connectivity index (χ1n) is 10.5. The number of benzene rings is 2. The molecule has 0 heterocycles. The van der Waals surface area contributed by atoms with Gasteiger partial charge in [-0.1, -0.05) is 49.7 Å². The van der Waals surface area contributed by atoms with Gasteiger partial charge in [0.25, 0.3) is 0 Å². The van der Waals surface area contributed by atoms with Gasteiger partial charge in [-0.15, -0.1) is 0 Å². The van der Waals surface area contributed by atoms with E-state index in [0.29, 0.717) is 18.4 Å². The van der Waals surface area contributed by atoms with Crippen LogP contribution in [-0.4, -0.2) is 19.2 Å². The fourth-order valence-corrected chi connectivity index (χ4v) is 3.50. The summed E-state index contributed by atoms with van der Waals surface area (Å²) in [4.78, 5) is 12.6. The molecule has 2 aromatic rings. The lowest BCUT2D eigenvalue weighted by Crippen LogP contribution is -2.18. The van der Waals surface area contributed by atoms with E-state index in [9.17, 15) is 4.79 Å². The number of aryl methyl sites for hydroxylation is 1. The largest absolute Gasteiger partial charge is 0.493 e. The van der Waals surface area contributed by atoms with Gasteiger partial charge in [-0.2, -0.15) is 0 Å². The van der Waals surface area contributed by atoms with Crippen molar-refractivity contribution >= 4 is 5.97 Å². The Morgan fingerprint density at radius 3 is 2.57 bits per heavy atom. The Morgan fingerprint density at radius 1 is 1.14 bits per heavy atom. The van der Waals surface area contributed by atoms with E-state index in [1.165, 1.54) is 18.4 Å². The molecule has 3 nitrogen and oxygen atoms in total. The summed E-state index contributed by atoms with van der Waals surface area (Å²) >= 11 is 0. The molecule has 1 aliphatic rings. The van der Waals surface area contributed by atoms with Crippen molar-refractivity contribution in [2.45, 2.75) is 52.9 Å². The molecular weight excluding hydrogens is 348 g/mol. The number of esters is 1. The highest BCUT2D eigenvalue weighted by atomic mass is 16.5. The molecule has 1 saturated carbocycles. The third-order valence-electron chi connectivity index (χ3n) is 5.18. The fourth-order valence-electron chi connectivity index (χ4n) is 3.50. The predicted octanol–water partition coefficient (Wildman–Crippen LogP) is 6.14. The van der Waals surface area contributed by atoms with Gasteiger partial charge < -0.3 is 9.47 Å². The lowest BCUT2D eigenvalue weighted by molar-refractivity contribution is -0.145. The normalized spacial score (nSPS) is 14.8. The van der Waals surface area contributed by atoms with Crippen LogP contribution < -0.4 is 4.74 Å². The molecule has 28 heavy (non-hydrogen) atoms. The van der Waals surface area contributed by atoms with Crippen molar-refractivity contribution in [3.63, 3.8) is 0 Å². The van der Waals surface area contributed by atoms with Gasteiger partial charge in [0, 0.05) is 5.56 Å². The van der Waals surface area contributed by atoms with Gasteiger partial charge in [-0.25, -0.2) is 0 Å². The summed E-state index contributed by atoms with van der Waals surface area (Å²) in [5.41, 5.74) is 4.39. The zero-order valence-corrected chi connectivity index (χ0v) is 17.5. The zero-order chi connectivity index (χ0) is 20.1. The molecule has 3 heteroatoms. The number of carbonyl (C=O) groups excluding carboxylic acids is 1. The van der Waals surface area contributed by atoms with Crippen molar-refractivity contribution < 1.29 is 14.3 Å². The third-order valence-corrected chi connectivity index (χ3v) is 5.18. The molecule has 3 rings (SSSR count). The smallest absolute Gasteiger partial charge is 0.313 e. The van der Waals surface area contributed by atoms with Gasteiger partial charge in [-0.3, -0.25) is 4.79 Å². The van der Waals surface area contributed by atoms with Gasteiger partial charge in [0.05, 0.1) is 19.1 Å². The minimum Gasteiger partial charge on any atom is -0.493 e. The van der Waals surface area contributed by atoms with Crippen LogP contribution in [0, 0.1) is 18.8 Å². The van der Waals surface area contributed by atoms with E-state index in [-0.39, 0.29) is 11.9 Å². The summed E-state index contributed by atoms with van der Waals surface area (Å²) in [7, 11) is 0. The van der Waals surface area contributed by atoms with Crippen LogP contribution in [0.1, 0.15) is 57.1 Å². The van der Waals surface area contributed by atoms with Crippen molar-refractivity contribution in [2.24, 2.45) is 11.8 Å². The van der Waals surface area contributed by atoms with Crippen LogP contribution in [0.2, 0.25) is 0 Å². The highest BCUT2D eigenvalue weighted by Crippen LogP contribution is 2.37. The van der Waals surface area contributed by atoms with E-state index in [1.54, 1.807) is 0 Å². The highest BCUT2D eigenvalue weighted by molar-refractivity contribution is 5.80. The molecule has 0 N–H and O–H groups in total. The second-order valence-corrected chi connectivity index (χ2v) is 8.31. The van der Waals surface area contributed by atoms with Gasteiger partial charge >= 0.3 is 5.97 Å². The first-order chi connectivity index (χ1) is 13.5. The molecule has 0 spiro atoms. The van der Waals surface area contributed by atoms with Gasteiger partial charge in [-0.05, 0) is 68.2 Å². The molecule has 0 aliphatic heterocycles. The number of hydrogen-bond donors (Lipinski definition) is 0. The Hall–Kier alpha value is -2.29. The van der Waals surface area contributed by atoms with Crippen molar-refractivity contribution in [2.75, 3.05) is 13.2 Å². The minimum atomic E-state index is -0.249. The summed E-state index contributed by atoms with van der Waals surface area (Å²) < 4.78 is 11.5. The molecule has 0 amide bonds. The Balaban J connectivity index is 1.98. The first-order valence-corrected chi connectivity index (χ1v) is 10.5. The molecule has 1 atom stereocenters. The third kappa shape index (κ3) is 5.37. The summed E-state index contributed by atoms with van der Waals surface area (Å²) in [5, 5.41) is 0. The lowest BCUT2D eigenvalue weighted by Gasteiger charge is -2.20. The van der Waals surface area contributed by atoms with E-state index >= 15 is 0 Å². The zero-order valence-electron chi connectivity index (χ0n) is 17.5. The number of hydrogen-bond acceptors (Lipinski definition) is 3.